The standard InChI is InChI=1S/C25H30N2O4S/c1-17-16-26(25(29)14-19-6-4-5-7-19)24-15-21(10-13-23(24)27(17)18(2)28)20-8-11-22(12-9-20)32(3,30)31/h8-13,15,17,19H,4-7,14,16H2,1-3H3/t17-/m0/s1. The quantitative estimate of drug-likeness (QED) is 0.685. The number of carbonyl (C=O) groups excluding carboxylic acids is 2. The molecule has 1 saturated carbocycles. The zero-order valence-corrected chi connectivity index (χ0v) is 19.7. The highest BCUT2D eigenvalue weighted by molar-refractivity contribution is 7.90. The number of anilines is 2. The Balaban J connectivity index is 1.72. The Hall–Kier alpha value is -2.67. The highest BCUT2D eigenvalue weighted by atomic mass is 32.2. The van der Waals surface area contributed by atoms with E-state index < -0.39 is 9.84 Å². The van der Waals surface area contributed by atoms with E-state index in [-0.39, 0.29) is 22.8 Å². The lowest BCUT2D eigenvalue weighted by atomic mass is 9.98. The van der Waals surface area contributed by atoms with Gasteiger partial charge in [-0.25, -0.2) is 8.42 Å². The van der Waals surface area contributed by atoms with Gasteiger partial charge in [0.05, 0.1) is 22.3 Å². The number of sulfone groups is 1. The van der Waals surface area contributed by atoms with E-state index in [0.717, 1.165) is 35.3 Å². The highest BCUT2D eigenvalue weighted by Crippen LogP contribution is 2.40. The van der Waals surface area contributed by atoms with Gasteiger partial charge in [-0.05, 0) is 61.1 Å². The monoisotopic (exact) mass is 454 g/mol. The van der Waals surface area contributed by atoms with Crippen molar-refractivity contribution in [2.24, 2.45) is 5.92 Å². The van der Waals surface area contributed by atoms with Crippen LogP contribution in [0.1, 0.15) is 46.0 Å². The van der Waals surface area contributed by atoms with Crippen LogP contribution in [-0.4, -0.2) is 39.1 Å². The fourth-order valence-corrected chi connectivity index (χ4v) is 5.62. The number of fused-ring (bicyclic) bond motifs is 1. The second-order valence-electron chi connectivity index (χ2n) is 9.10. The minimum atomic E-state index is -3.27. The van der Waals surface area contributed by atoms with Crippen molar-refractivity contribution in [2.45, 2.75) is 56.9 Å². The highest BCUT2D eigenvalue weighted by Gasteiger charge is 2.34. The van der Waals surface area contributed by atoms with Gasteiger partial charge < -0.3 is 9.80 Å². The average Bonchev–Trinajstić information content (AvgIpc) is 3.25. The number of hydrogen-bond donors (Lipinski definition) is 0. The maximum absolute atomic E-state index is 13.3. The second kappa shape index (κ2) is 8.70. The van der Waals surface area contributed by atoms with Crippen LogP contribution < -0.4 is 9.80 Å². The smallest absolute Gasteiger partial charge is 0.227 e. The minimum absolute atomic E-state index is 0.0492. The first-order valence-electron chi connectivity index (χ1n) is 11.2. The summed E-state index contributed by atoms with van der Waals surface area (Å²) in [6, 6.07) is 12.4. The number of carbonyl (C=O) groups is 2. The van der Waals surface area contributed by atoms with Gasteiger partial charge in [-0.15, -0.1) is 0 Å². The maximum Gasteiger partial charge on any atom is 0.227 e. The molecular weight excluding hydrogens is 424 g/mol. The number of amides is 2. The number of hydrogen-bond acceptors (Lipinski definition) is 4. The molecule has 0 aromatic heterocycles. The van der Waals surface area contributed by atoms with E-state index in [1.54, 1.807) is 36.1 Å². The van der Waals surface area contributed by atoms with Gasteiger partial charge in [-0.3, -0.25) is 9.59 Å². The Morgan fingerprint density at radius 3 is 2.19 bits per heavy atom. The van der Waals surface area contributed by atoms with Crippen molar-refractivity contribution in [3.8, 4) is 11.1 Å². The minimum Gasteiger partial charge on any atom is -0.308 e. The molecule has 6 nitrogen and oxygen atoms in total. The predicted molar refractivity (Wildman–Crippen MR) is 127 cm³/mol. The SMILES string of the molecule is CC(=O)N1c2ccc(-c3ccc(S(C)(=O)=O)cc3)cc2N(C(=O)CC2CCCC2)C[C@@H]1C. The Morgan fingerprint density at radius 2 is 1.59 bits per heavy atom. The third-order valence-corrected chi connectivity index (χ3v) is 7.74. The van der Waals surface area contributed by atoms with Crippen LogP contribution in [0.3, 0.4) is 0 Å². The number of benzene rings is 2. The lowest BCUT2D eigenvalue weighted by Crippen LogP contribution is -2.51. The zero-order chi connectivity index (χ0) is 23.0. The molecule has 1 aliphatic carbocycles. The summed E-state index contributed by atoms with van der Waals surface area (Å²) in [4.78, 5) is 29.5. The first kappa shape index (κ1) is 22.5. The van der Waals surface area contributed by atoms with Crippen LogP contribution >= 0.6 is 0 Å². The molecule has 4 rings (SSSR count). The van der Waals surface area contributed by atoms with Gasteiger partial charge in [0.25, 0.3) is 0 Å². The van der Waals surface area contributed by atoms with Crippen molar-refractivity contribution in [3.05, 3.63) is 42.5 Å². The molecule has 0 bridgehead atoms. The fourth-order valence-electron chi connectivity index (χ4n) is 4.99. The van der Waals surface area contributed by atoms with Gasteiger partial charge in [0.1, 0.15) is 0 Å². The maximum atomic E-state index is 13.3. The summed E-state index contributed by atoms with van der Waals surface area (Å²) in [5, 5.41) is 0. The van der Waals surface area contributed by atoms with E-state index in [0.29, 0.717) is 18.9 Å². The molecule has 170 valence electrons. The van der Waals surface area contributed by atoms with Crippen molar-refractivity contribution >= 4 is 33.0 Å². The van der Waals surface area contributed by atoms with Crippen LogP contribution in [0.5, 0.6) is 0 Å². The molecular formula is C25H30N2O4S. The van der Waals surface area contributed by atoms with Gasteiger partial charge in [0.15, 0.2) is 9.84 Å². The first-order valence-corrected chi connectivity index (χ1v) is 13.1. The average molecular weight is 455 g/mol. The summed E-state index contributed by atoms with van der Waals surface area (Å²) < 4.78 is 23.6. The van der Waals surface area contributed by atoms with E-state index in [1.807, 2.05) is 30.0 Å². The number of rotatable bonds is 4. The van der Waals surface area contributed by atoms with Gasteiger partial charge >= 0.3 is 0 Å². The molecule has 1 aliphatic heterocycles. The lowest BCUT2D eigenvalue weighted by molar-refractivity contribution is -0.120. The Labute approximate surface area is 190 Å². The van der Waals surface area contributed by atoms with Crippen molar-refractivity contribution in [3.63, 3.8) is 0 Å². The van der Waals surface area contributed by atoms with E-state index in [9.17, 15) is 18.0 Å². The third-order valence-electron chi connectivity index (χ3n) is 6.61. The van der Waals surface area contributed by atoms with Crippen LogP contribution in [0.4, 0.5) is 11.4 Å². The molecule has 2 aliphatic rings. The van der Waals surface area contributed by atoms with Gasteiger partial charge in [-0.1, -0.05) is 31.0 Å². The molecule has 7 heteroatoms. The first-order chi connectivity index (χ1) is 15.1. The normalized spacial score (nSPS) is 19.2. The van der Waals surface area contributed by atoms with Crippen LogP contribution in [0.15, 0.2) is 47.4 Å². The lowest BCUT2D eigenvalue weighted by Gasteiger charge is -2.41. The van der Waals surface area contributed by atoms with Crippen molar-refractivity contribution in [1.29, 1.82) is 0 Å². The topological polar surface area (TPSA) is 74.8 Å². The Bertz CT molecular complexity index is 1140. The molecule has 1 atom stereocenters. The van der Waals surface area contributed by atoms with Crippen molar-refractivity contribution < 1.29 is 18.0 Å². The molecule has 1 heterocycles. The zero-order valence-electron chi connectivity index (χ0n) is 18.9. The van der Waals surface area contributed by atoms with E-state index in [2.05, 4.69) is 0 Å². The molecule has 0 saturated heterocycles. The van der Waals surface area contributed by atoms with Crippen LogP contribution in [0, 0.1) is 5.92 Å². The van der Waals surface area contributed by atoms with Gasteiger partial charge in [0.2, 0.25) is 11.8 Å². The number of nitrogens with zero attached hydrogens (tertiary/aromatic N) is 2. The van der Waals surface area contributed by atoms with E-state index in [1.165, 1.54) is 19.1 Å². The van der Waals surface area contributed by atoms with Crippen LogP contribution in [-0.2, 0) is 19.4 Å². The third kappa shape index (κ3) is 4.44. The van der Waals surface area contributed by atoms with Crippen LogP contribution in [0.2, 0.25) is 0 Å². The molecule has 0 spiro atoms. The van der Waals surface area contributed by atoms with E-state index in [4.69, 9.17) is 0 Å². The summed E-state index contributed by atoms with van der Waals surface area (Å²) >= 11 is 0. The summed E-state index contributed by atoms with van der Waals surface area (Å²) in [5.41, 5.74) is 3.22. The van der Waals surface area contributed by atoms with Crippen LogP contribution in [0.25, 0.3) is 11.1 Å². The van der Waals surface area contributed by atoms with E-state index >= 15 is 0 Å². The second-order valence-corrected chi connectivity index (χ2v) is 11.1. The molecule has 0 N–H and O–H groups in total. The van der Waals surface area contributed by atoms with Gasteiger partial charge in [-0.2, -0.15) is 0 Å². The molecule has 2 aromatic carbocycles. The molecule has 1 fully saturated rings. The Kier molecular flexibility index (Phi) is 6.12. The molecule has 0 unspecified atom stereocenters. The largest absolute Gasteiger partial charge is 0.308 e. The predicted octanol–water partition coefficient (Wildman–Crippen LogP) is 4.43. The van der Waals surface area contributed by atoms with Gasteiger partial charge in [0, 0.05) is 26.1 Å². The summed E-state index contributed by atoms with van der Waals surface area (Å²) in [7, 11) is -3.27. The molecule has 2 aromatic rings. The van der Waals surface area contributed by atoms with Crippen molar-refractivity contribution in [1.82, 2.24) is 0 Å². The summed E-state index contributed by atoms with van der Waals surface area (Å²) in [5.74, 6) is 0.503. The molecule has 32 heavy (non-hydrogen) atoms. The molecule has 0 radical (unpaired) electrons. The summed E-state index contributed by atoms with van der Waals surface area (Å²) in [6.07, 6.45) is 6.32. The Morgan fingerprint density at radius 1 is 0.969 bits per heavy atom. The summed E-state index contributed by atoms with van der Waals surface area (Å²) in [6.45, 7) is 3.99. The molecule has 2 amide bonds. The van der Waals surface area contributed by atoms with Crippen molar-refractivity contribution in [2.75, 3.05) is 22.6 Å². The fraction of sp³-hybridized carbons (Fsp3) is 0.440.